The van der Waals surface area contributed by atoms with E-state index in [0.717, 1.165) is 0 Å². The van der Waals surface area contributed by atoms with Crippen LogP contribution in [-0.2, 0) is 4.79 Å². The second-order valence-electron chi connectivity index (χ2n) is 1.97. The van der Waals surface area contributed by atoms with Gasteiger partial charge in [0.15, 0.2) is 0 Å². The van der Waals surface area contributed by atoms with Crippen molar-refractivity contribution in [3.63, 3.8) is 0 Å². The van der Waals surface area contributed by atoms with Crippen LogP contribution < -0.4 is 0 Å². The predicted octanol–water partition coefficient (Wildman–Crippen LogP) is 1.66. The standard InChI is InChI=1S/C4H5N.C4H6O2/c1-2-4-5-3-1;1-3(2)4(5)6/h1-5H;1H2,2H3,(H,5,6). The van der Waals surface area contributed by atoms with Gasteiger partial charge in [0.25, 0.3) is 0 Å². The monoisotopic (exact) mass is 153 g/mol. The molecule has 0 saturated carbocycles. The number of aromatic nitrogens is 1. The van der Waals surface area contributed by atoms with Crippen molar-refractivity contribution in [2.75, 3.05) is 0 Å². The summed E-state index contributed by atoms with van der Waals surface area (Å²) in [6.07, 6.45) is 3.75. The molecular weight excluding hydrogens is 142 g/mol. The summed E-state index contributed by atoms with van der Waals surface area (Å²) in [5.74, 6) is -0.935. The number of H-pyrrole nitrogens is 1. The van der Waals surface area contributed by atoms with E-state index in [1.54, 1.807) is 0 Å². The number of hydrogen-bond donors (Lipinski definition) is 2. The van der Waals surface area contributed by atoms with Crippen molar-refractivity contribution < 1.29 is 9.90 Å². The highest BCUT2D eigenvalue weighted by Gasteiger charge is 1.90. The van der Waals surface area contributed by atoms with Crippen molar-refractivity contribution in [2.24, 2.45) is 0 Å². The Kier molecular flexibility index (Phi) is 4.56. The lowest BCUT2D eigenvalue weighted by molar-refractivity contribution is -0.132. The number of hydrogen-bond acceptors (Lipinski definition) is 1. The van der Waals surface area contributed by atoms with Crippen molar-refractivity contribution in [1.29, 1.82) is 0 Å². The number of nitrogens with one attached hydrogen (secondary N) is 1. The van der Waals surface area contributed by atoms with Crippen LogP contribution in [0.1, 0.15) is 6.92 Å². The smallest absolute Gasteiger partial charge is 0.330 e. The first kappa shape index (κ1) is 9.49. The fourth-order valence-electron chi connectivity index (χ4n) is 0.278. The van der Waals surface area contributed by atoms with Crippen molar-refractivity contribution in [3.05, 3.63) is 36.7 Å². The minimum atomic E-state index is -0.935. The van der Waals surface area contributed by atoms with E-state index < -0.39 is 5.97 Å². The average molecular weight is 153 g/mol. The first-order valence-corrected chi connectivity index (χ1v) is 3.11. The third-order valence-corrected chi connectivity index (χ3v) is 0.861. The van der Waals surface area contributed by atoms with Gasteiger partial charge >= 0.3 is 5.97 Å². The van der Waals surface area contributed by atoms with Gasteiger partial charge in [-0.25, -0.2) is 4.79 Å². The molecule has 0 saturated heterocycles. The molecule has 0 aliphatic carbocycles. The maximum absolute atomic E-state index is 9.60. The summed E-state index contributed by atoms with van der Waals surface area (Å²) in [5, 5.41) is 7.89. The fraction of sp³-hybridized carbons (Fsp3) is 0.125. The van der Waals surface area contributed by atoms with E-state index in [2.05, 4.69) is 11.6 Å². The molecule has 1 rings (SSSR count). The molecule has 0 aromatic carbocycles. The lowest BCUT2D eigenvalue weighted by atomic mass is 10.4. The molecular formula is C8H11NO2. The molecule has 3 nitrogen and oxygen atoms in total. The molecule has 1 aromatic heterocycles. The van der Waals surface area contributed by atoms with E-state index in [4.69, 9.17) is 5.11 Å². The van der Waals surface area contributed by atoms with E-state index >= 15 is 0 Å². The number of carboxylic acid groups (broad SMARTS) is 1. The van der Waals surface area contributed by atoms with Gasteiger partial charge in [-0.3, -0.25) is 0 Å². The molecule has 0 unspecified atom stereocenters. The molecule has 0 amide bonds. The molecule has 60 valence electrons. The summed E-state index contributed by atoms with van der Waals surface area (Å²) >= 11 is 0. The van der Waals surface area contributed by atoms with E-state index in [1.807, 2.05) is 24.5 Å². The summed E-state index contributed by atoms with van der Waals surface area (Å²) in [5.41, 5.74) is 0.176. The van der Waals surface area contributed by atoms with Gasteiger partial charge in [0, 0.05) is 18.0 Å². The molecule has 2 N–H and O–H groups in total. The summed E-state index contributed by atoms with van der Waals surface area (Å²) in [7, 11) is 0. The van der Waals surface area contributed by atoms with Crippen LogP contribution in [-0.4, -0.2) is 16.1 Å². The van der Waals surface area contributed by atoms with Gasteiger partial charge < -0.3 is 10.1 Å². The van der Waals surface area contributed by atoms with Gasteiger partial charge in [-0.15, -0.1) is 0 Å². The van der Waals surface area contributed by atoms with Gasteiger partial charge in [0.1, 0.15) is 0 Å². The molecule has 0 fully saturated rings. The zero-order valence-corrected chi connectivity index (χ0v) is 6.37. The summed E-state index contributed by atoms with van der Waals surface area (Å²) in [4.78, 5) is 12.5. The number of aliphatic carboxylic acids is 1. The highest BCUT2D eigenvalue weighted by Crippen LogP contribution is 1.81. The second kappa shape index (κ2) is 5.29. The van der Waals surface area contributed by atoms with Crippen LogP contribution in [0.15, 0.2) is 36.7 Å². The Morgan fingerprint density at radius 1 is 1.45 bits per heavy atom. The maximum atomic E-state index is 9.60. The van der Waals surface area contributed by atoms with Crippen molar-refractivity contribution in [3.8, 4) is 0 Å². The molecule has 0 radical (unpaired) electrons. The molecule has 1 aromatic rings. The van der Waals surface area contributed by atoms with Crippen LogP contribution in [0.25, 0.3) is 0 Å². The van der Waals surface area contributed by atoms with Crippen molar-refractivity contribution in [2.45, 2.75) is 6.92 Å². The Labute approximate surface area is 65.4 Å². The number of carbonyl (C=O) groups is 1. The van der Waals surface area contributed by atoms with Gasteiger partial charge in [-0.2, -0.15) is 0 Å². The summed E-state index contributed by atoms with van der Waals surface area (Å²) < 4.78 is 0. The Hall–Kier alpha value is -1.51. The number of aromatic amines is 1. The largest absolute Gasteiger partial charge is 0.478 e. The van der Waals surface area contributed by atoms with Crippen molar-refractivity contribution >= 4 is 5.97 Å². The highest BCUT2D eigenvalue weighted by molar-refractivity contribution is 5.84. The first-order chi connectivity index (χ1) is 5.14. The average Bonchev–Trinajstić information content (AvgIpc) is 2.41. The highest BCUT2D eigenvalue weighted by atomic mass is 16.4. The predicted molar refractivity (Wildman–Crippen MR) is 43.2 cm³/mol. The Morgan fingerprint density at radius 3 is 1.91 bits per heavy atom. The molecule has 3 heteroatoms. The summed E-state index contributed by atoms with van der Waals surface area (Å²) in [6, 6.07) is 3.89. The first-order valence-electron chi connectivity index (χ1n) is 3.11. The minimum Gasteiger partial charge on any atom is -0.478 e. The third kappa shape index (κ3) is 6.37. The van der Waals surface area contributed by atoms with Gasteiger partial charge in [0.2, 0.25) is 0 Å². The lowest BCUT2D eigenvalue weighted by Crippen LogP contribution is -1.92. The Morgan fingerprint density at radius 2 is 1.82 bits per heavy atom. The second-order valence-corrected chi connectivity index (χ2v) is 1.97. The van der Waals surface area contributed by atoms with E-state index in [-0.39, 0.29) is 5.57 Å². The van der Waals surface area contributed by atoms with E-state index in [1.165, 1.54) is 6.92 Å². The van der Waals surface area contributed by atoms with E-state index in [9.17, 15) is 4.79 Å². The van der Waals surface area contributed by atoms with Gasteiger partial charge in [-0.05, 0) is 19.1 Å². The van der Waals surface area contributed by atoms with Gasteiger partial charge in [-0.1, -0.05) is 6.58 Å². The molecule has 1 heterocycles. The number of rotatable bonds is 1. The SMILES string of the molecule is C=C(C)C(=O)O.c1cc[nH]c1. The van der Waals surface area contributed by atoms with Crippen LogP contribution in [0.2, 0.25) is 0 Å². The molecule has 0 aliphatic heterocycles. The van der Waals surface area contributed by atoms with E-state index in [0.29, 0.717) is 0 Å². The molecule has 0 bridgehead atoms. The Balaban J connectivity index is 0.000000183. The molecule has 0 atom stereocenters. The lowest BCUT2D eigenvalue weighted by Gasteiger charge is -1.79. The van der Waals surface area contributed by atoms with Crippen LogP contribution in [0, 0.1) is 0 Å². The van der Waals surface area contributed by atoms with Crippen LogP contribution in [0.4, 0.5) is 0 Å². The zero-order valence-electron chi connectivity index (χ0n) is 6.37. The maximum Gasteiger partial charge on any atom is 0.330 e. The van der Waals surface area contributed by atoms with Crippen LogP contribution in [0.5, 0.6) is 0 Å². The normalized spacial score (nSPS) is 7.73. The fourth-order valence-corrected chi connectivity index (χ4v) is 0.278. The summed E-state index contributed by atoms with van der Waals surface area (Å²) in [6.45, 7) is 4.60. The van der Waals surface area contributed by atoms with Gasteiger partial charge in [0.05, 0.1) is 0 Å². The molecule has 0 spiro atoms. The van der Waals surface area contributed by atoms with Crippen LogP contribution in [0.3, 0.4) is 0 Å². The third-order valence-electron chi connectivity index (χ3n) is 0.861. The van der Waals surface area contributed by atoms with Crippen molar-refractivity contribution in [1.82, 2.24) is 4.98 Å². The molecule has 11 heavy (non-hydrogen) atoms. The topological polar surface area (TPSA) is 53.1 Å². The minimum absolute atomic E-state index is 0.176. The number of carboxylic acids is 1. The quantitative estimate of drug-likeness (QED) is 0.603. The Bertz CT molecular complexity index is 185. The zero-order chi connectivity index (χ0) is 8.69. The van der Waals surface area contributed by atoms with Crippen LogP contribution >= 0.6 is 0 Å². The molecule has 0 aliphatic rings.